The number of nitrogens with one attached hydrogen (secondary N) is 1. The molecule has 0 aliphatic carbocycles. The van der Waals surface area contributed by atoms with E-state index >= 15 is 0 Å². The Morgan fingerprint density at radius 3 is 2.44 bits per heavy atom. The Bertz CT molecular complexity index is 806. The average Bonchev–Trinajstić information content (AvgIpc) is 2.67. The van der Waals surface area contributed by atoms with Crippen LogP contribution in [0.1, 0.15) is 50.2 Å². The molecule has 1 aliphatic heterocycles. The summed E-state index contributed by atoms with van der Waals surface area (Å²) in [6.45, 7) is 6.29. The maximum Gasteiger partial charge on any atom is 0.248 e. The number of halogens is 1. The van der Waals surface area contributed by atoms with Gasteiger partial charge in [0.15, 0.2) is 0 Å². The average molecular weight is 383 g/mol. The third kappa shape index (κ3) is 5.14. The molecular formula is C23H27ClN2O. The van der Waals surface area contributed by atoms with Crippen LogP contribution in [0.5, 0.6) is 0 Å². The molecule has 1 N–H and O–H groups in total. The van der Waals surface area contributed by atoms with Crippen molar-refractivity contribution in [1.82, 2.24) is 0 Å². The van der Waals surface area contributed by atoms with Crippen LogP contribution in [0.3, 0.4) is 0 Å². The van der Waals surface area contributed by atoms with E-state index < -0.39 is 0 Å². The zero-order valence-corrected chi connectivity index (χ0v) is 16.8. The number of hydrogen-bond donors (Lipinski definition) is 1. The van der Waals surface area contributed by atoms with Crippen LogP contribution in [0.2, 0.25) is 5.02 Å². The molecule has 1 amide bonds. The molecule has 2 aromatic rings. The number of carbonyl (C=O) groups is 1. The van der Waals surface area contributed by atoms with Gasteiger partial charge in [-0.1, -0.05) is 55.8 Å². The Kier molecular flexibility index (Phi) is 6.57. The van der Waals surface area contributed by atoms with Crippen LogP contribution in [0.25, 0.3) is 6.08 Å². The largest absolute Gasteiger partial charge is 0.369 e. The van der Waals surface area contributed by atoms with Crippen LogP contribution < -0.4 is 10.2 Å². The van der Waals surface area contributed by atoms with Crippen molar-refractivity contribution in [2.24, 2.45) is 0 Å². The quantitative estimate of drug-likeness (QED) is 0.633. The van der Waals surface area contributed by atoms with Crippen molar-refractivity contribution in [2.75, 3.05) is 23.3 Å². The molecular weight excluding hydrogens is 356 g/mol. The van der Waals surface area contributed by atoms with Crippen LogP contribution >= 0.6 is 11.6 Å². The lowest BCUT2D eigenvalue weighted by molar-refractivity contribution is -0.111. The van der Waals surface area contributed by atoms with Gasteiger partial charge < -0.3 is 10.2 Å². The molecule has 142 valence electrons. The molecule has 0 radical (unpaired) electrons. The lowest BCUT2D eigenvalue weighted by atomic mass is 10.0. The predicted molar refractivity (Wildman–Crippen MR) is 116 cm³/mol. The first-order valence-electron chi connectivity index (χ1n) is 9.67. The summed E-state index contributed by atoms with van der Waals surface area (Å²) in [4.78, 5) is 14.7. The van der Waals surface area contributed by atoms with E-state index in [1.54, 1.807) is 6.08 Å². The maximum absolute atomic E-state index is 12.4. The minimum atomic E-state index is -0.150. The Morgan fingerprint density at radius 2 is 1.78 bits per heavy atom. The van der Waals surface area contributed by atoms with Crippen LogP contribution in [-0.2, 0) is 4.79 Å². The van der Waals surface area contributed by atoms with Gasteiger partial charge in [-0.2, -0.15) is 0 Å². The number of carbonyl (C=O) groups excluding carboxylic acids is 1. The number of amides is 1. The van der Waals surface area contributed by atoms with Gasteiger partial charge in [-0.3, -0.25) is 4.79 Å². The molecule has 0 unspecified atom stereocenters. The molecule has 0 saturated carbocycles. The Morgan fingerprint density at radius 1 is 1.07 bits per heavy atom. The van der Waals surface area contributed by atoms with Gasteiger partial charge in [0.2, 0.25) is 5.91 Å². The van der Waals surface area contributed by atoms with Crippen LogP contribution in [0, 0.1) is 0 Å². The number of hydrogen-bond acceptors (Lipinski definition) is 2. The van der Waals surface area contributed by atoms with E-state index in [-0.39, 0.29) is 5.91 Å². The fourth-order valence-corrected chi connectivity index (χ4v) is 3.69. The van der Waals surface area contributed by atoms with Crippen LogP contribution in [0.15, 0.2) is 48.5 Å². The van der Waals surface area contributed by atoms with Gasteiger partial charge in [0, 0.05) is 19.2 Å². The highest BCUT2D eigenvalue weighted by atomic mass is 35.5. The van der Waals surface area contributed by atoms with E-state index in [0.29, 0.717) is 10.9 Å². The fraction of sp³-hybridized carbons (Fsp3) is 0.348. The molecule has 1 heterocycles. The SMILES string of the molecule is CC(C)c1ccc(C=CC(=O)Nc2cccc(Cl)c2N2CCCCC2)cc1. The van der Waals surface area contributed by atoms with Gasteiger partial charge in [-0.05, 0) is 54.5 Å². The van der Waals surface area contributed by atoms with Crippen molar-refractivity contribution in [3.8, 4) is 0 Å². The van der Waals surface area contributed by atoms with Gasteiger partial charge in [-0.15, -0.1) is 0 Å². The number of nitrogens with zero attached hydrogens (tertiary/aromatic N) is 1. The lowest BCUT2D eigenvalue weighted by Gasteiger charge is -2.31. The third-order valence-electron chi connectivity index (χ3n) is 4.95. The van der Waals surface area contributed by atoms with E-state index in [1.165, 1.54) is 12.0 Å². The number of para-hydroxylation sites is 1. The molecule has 0 spiro atoms. The summed E-state index contributed by atoms with van der Waals surface area (Å²) in [6.07, 6.45) is 6.98. The molecule has 1 saturated heterocycles. The monoisotopic (exact) mass is 382 g/mol. The van der Waals surface area contributed by atoms with Crippen LogP contribution in [0.4, 0.5) is 11.4 Å². The fourth-order valence-electron chi connectivity index (χ4n) is 3.39. The Hall–Kier alpha value is -2.26. The van der Waals surface area contributed by atoms with E-state index in [4.69, 9.17) is 11.6 Å². The predicted octanol–water partition coefficient (Wildman–Crippen LogP) is 6.11. The third-order valence-corrected chi connectivity index (χ3v) is 5.25. The molecule has 0 bridgehead atoms. The van der Waals surface area contributed by atoms with E-state index in [1.807, 2.05) is 36.4 Å². The molecule has 3 nitrogen and oxygen atoms in total. The summed E-state index contributed by atoms with van der Waals surface area (Å²) in [5, 5.41) is 3.68. The molecule has 4 heteroatoms. The van der Waals surface area contributed by atoms with Crippen molar-refractivity contribution in [3.63, 3.8) is 0 Å². The highest BCUT2D eigenvalue weighted by molar-refractivity contribution is 6.34. The van der Waals surface area contributed by atoms with Crippen molar-refractivity contribution in [1.29, 1.82) is 0 Å². The maximum atomic E-state index is 12.4. The number of anilines is 2. The minimum Gasteiger partial charge on any atom is -0.369 e. The number of piperidine rings is 1. The van der Waals surface area contributed by atoms with Crippen molar-refractivity contribution in [3.05, 3.63) is 64.7 Å². The molecule has 0 aromatic heterocycles. The first kappa shape index (κ1) is 19.5. The summed E-state index contributed by atoms with van der Waals surface area (Å²) >= 11 is 6.45. The summed E-state index contributed by atoms with van der Waals surface area (Å²) in [6, 6.07) is 14.0. The lowest BCUT2D eigenvalue weighted by Crippen LogP contribution is -2.30. The van der Waals surface area contributed by atoms with Gasteiger partial charge in [0.25, 0.3) is 0 Å². The second-order valence-corrected chi connectivity index (χ2v) is 7.73. The highest BCUT2D eigenvalue weighted by Gasteiger charge is 2.18. The number of rotatable bonds is 5. The van der Waals surface area contributed by atoms with Crippen molar-refractivity contribution >= 4 is 35.0 Å². The molecule has 3 rings (SSSR count). The minimum absolute atomic E-state index is 0.150. The molecule has 1 fully saturated rings. The van der Waals surface area contributed by atoms with Crippen molar-refractivity contribution in [2.45, 2.75) is 39.0 Å². The first-order valence-corrected chi connectivity index (χ1v) is 10.0. The topological polar surface area (TPSA) is 32.3 Å². The zero-order chi connectivity index (χ0) is 19.2. The summed E-state index contributed by atoms with van der Waals surface area (Å²) in [5.74, 6) is 0.353. The summed E-state index contributed by atoms with van der Waals surface area (Å²) in [7, 11) is 0. The molecule has 1 aliphatic rings. The zero-order valence-electron chi connectivity index (χ0n) is 16.0. The summed E-state index contributed by atoms with van der Waals surface area (Å²) < 4.78 is 0. The molecule has 0 atom stereocenters. The second-order valence-electron chi connectivity index (χ2n) is 7.33. The molecule has 27 heavy (non-hydrogen) atoms. The second kappa shape index (κ2) is 9.09. The van der Waals surface area contributed by atoms with Crippen LogP contribution in [-0.4, -0.2) is 19.0 Å². The van der Waals surface area contributed by atoms with Gasteiger partial charge in [0.05, 0.1) is 16.4 Å². The summed E-state index contributed by atoms with van der Waals surface area (Å²) in [5.41, 5.74) is 4.01. The Balaban J connectivity index is 1.71. The standard InChI is InChI=1S/C23H27ClN2O/c1-17(2)19-12-9-18(10-13-19)11-14-22(27)25-21-8-6-7-20(24)23(21)26-15-4-3-5-16-26/h6-14,17H,3-5,15-16H2,1-2H3,(H,25,27). The molecule has 2 aromatic carbocycles. The van der Waals surface area contributed by atoms with Gasteiger partial charge in [0.1, 0.15) is 0 Å². The smallest absolute Gasteiger partial charge is 0.248 e. The van der Waals surface area contributed by atoms with Gasteiger partial charge >= 0.3 is 0 Å². The van der Waals surface area contributed by atoms with E-state index in [2.05, 4.69) is 36.2 Å². The van der Waals surface area contributed by atoms with Crippen molar-refractivity contribution < 1.29 is 4.79 Å². The Labute approximate surface area is 167 Å². The van der Waals surface area contributed by atoms with Gasteiger partial charge in [-0.25, -0.2) is 0 Å². The van der Waals surface area contributed by atoms with E-state index in [9.17, 15) is 4.79 Å². The number of benzene rings is 2. The van der Waals surface area contributed by atoms with E-state index in [0.717, 1.165) is 42.9 Å². The first-order chi connectivity index (χ1) is 13.0. The highest BCUT2D eigenvalue weighted by Crippen LogP contribution is 2.35. The normalized spacial score (nSPS) is 14.7.